The van der Waals surface area contributed by atoms with Gasteiger partial charge in [-0.2, -0.15) is 0 Å². The Morgan fingerprint density at radius 2 is 0.727 bits per heavy atom. The van der Waals surface area contributed by atoms with Gasteiger partial charge in [0.25, 0.3) is 0 Å². The quantitative estimate of drug-likeness (QED) is 0.173. The number of benzene rings is 8. The average molecular weight is 704 g/mol. The maximum atomic E-state index is 5.01. The van der Waals surface area contributed by atoms with Gasteiger partial charge in [-0.25, -0.2) is 15.0 Å². The van der Waals surface area contributed by atoms with Crippen LogP contribution in [0.3, 0.4) is 0 Å². The summed E-state index contributed by atoms with van der Waals surface area (Å²) in [5.74, 6) is 1.94. The van der Waals surface area contributed by atoms with E-state index in [4.69, 9.17) is 15.0 Å². The highest BCUT2D eigenvalue weighted by atomic mass is 15.0. The van der Waals surface area contributed by atoms with Crippen molar-refractivity contribution in [1.29, 1.82) is 0 Å². The van der Waals surface area contributed by atoms with Crippen LogP contribution in [-0.4, -0.2) is 15.0 Å². The lowest BCUT2D eigenvalue weighted by Crippen LogP contribution is -2.23. The van der Waals surface area contributed by atoms with Crippen LogP contribution in [0.5, 0.6) is 0 Å². The summed E-state index contributed by atoms with van der Waals surface area (Å²) in [5, 5.41) is 2.68. The van der Waals surface area contributed by atoms with Crippen molar-refractivity contribution >= 4 is 10.8 Å². The number of aromatic nitrogens is 3. The lowest BCUT2D eigenvalue weighted by Gasteiger charge is -2.35. The van der Waals surface area contributed by atoms with E-state index in [0.717, 1.165) is 33.4 Å². The van der Waals surface area contributed by atoms with E-state index in [-0.39, 0.29) is 5.41 Å². The molecule has 0 saturated carbocycles. The van der Waals surface area contributed by atoms with Crippen molar-refractivity contribution < 1.29 is 0 Å². The van der Waals surface area contributed by atoms with Gasteiger partial charge in [-0.1, -0.05) is 190 Å². The minimum atomic E-state index is -0.118. The molecule has 10 rings (SSSR count). The summed E-state index contributed by atoms with van der Waals surface area (Å²) in [4.78, 5) is 14.9. The van der Waals surface area contributed by atoms with Crippen LogP contribution < -0.4 is 0 Å². The van der Waals surface area contributed by atoms with Gasteiger partial charge < -0.3 is 0 Å². The molecule has 0 saturated heterocycles. The van der Waals surface area contributed by atoms with E-state index in [2.05, 4.69) is 166 Å². The largest absolute Gasteiger partial charge is 0.208 e. The molecule has 1 heterocycles. The molecular formula is C52H37N3. The third kappa shape index (κ3) is 5.82. The zero-order valence-electron chi connectivity index (χ0n) is 30.7. The Morgan fingerprint density at radius 3 is 1.35 bits per heavy atom. The highest BCUT2D eigenvalue weighted by Gasteiger charge is 2.33. The molecule has 0 atom stereocenters. The lowest BCUT2D eigenvalue weighted by molar-refractivity contribution is 0.645. The molecule has 8 aromatic carbocycles. The zero-order valence-corrected chi connectivity index (χ0v) is 30.7. The Balaban J connectivity index is 0.983. The fourth-order valence-electron chi connectivity index (χ4n) is 8.19. The fraction of sp³-hybridized carbons (Fsp3) is 0.0577. The first kappa shape index (κ1) is 32.7. The van der Waals surface area contributed by atoms with Gasteiger partial charge in [0.1, 0.15) is 0 Å². The molecule has 0 aliphatic heterocycles. The van der Waals surface area contributed by atoms with Gasteiger partial charge in [0.05, 0.1) is 0 Å². The Hall–Kier alpha value is -6.97. The molecule has 0 N–H and O–H groups in total. The van der Waals surface area contributed by atoms with Gasteiger partial charge in [0.2, 0.25) is 0 Å². The van der Waals surface area contributed by atoms with Crippen LogP contribution in [-0.2, 0) is 5.41 Å². The summed E-state index contributed by atoms with van der Waals surface area (Å²) >= 11 is 0. The molecule has 0 unspecified atom stereocenters. The van der Waals surface area contributed by atoms with Crippen molar-refractivity contribution in [2.24, 2.45) is 0 Å². The fourth-order valence-corrected chi connectivity index (χ4v) is 8.19. The molecule has 0 fully saturated rings. The summed E-state index contributed by atoms with van der Waals surface area (Å²) in [6.07, 6.45) is 0. The van der Waals surface area contributed by atoms with Crippen LogP contribution in [0.15, 0.2) is 188 Å². The average Bonchev–Trinajstić information content (AvgIpc) is 3.26. The monoisotopic (exact) mass is 703 g/mol. The van der Waals surface area contributed by atoms with Gasteiger partial charge in [0.15, 0.2) is 17.5 Å². The van der Waals surface area contributed by atoms with Crippen LogP contribution in [0, 0.1) is 0 Å². The third-order valence-corrected chi connectivity index (χ3v) is 11.2. The Kier molecular flexibility index (Phi) is 7.81. The summed E-state index contributed by atoms with van der Waals surface area (Å²) in [5.41, 5.74) is 15.2. The normalized spacial score (nSPS) is 12.7. The third-order valence-electron chi connectivity index (χ3n) is 11.2. The highest BCUT2D eigenvalue weighted by Crippen LogP contribution is 2.49. The van der Waals surface area contributed by atoms with E-state index in [1.807, 2.05) is 36.4 Å². The maximum Gasteiger partial charge on any atom is 0.164 e. The first-order chi connectivity index (χ1) is 27.0. The van der Waals surface area contributed by atoms with Crippen LogP contribution in [0.1, 0.15) is 25.0 Å². The Bertz CT molecular complexity index is 2850. The number of fused-ring (bicyclic) bond motifs is 2. The summed E-state index contributed by atoms with van der Waals surface area (Å²) in [6.45, 7) is 4.72. The van der Waals surface area contributed by atoms with Crippen molar-refractivity contribution in [3.8, 4) is 78.7 Å². The molecule has 260 valence electrons. The zero-order chi connectivity index (χ0) is 36.9. The predicted octanol–water partition coefficient (Wildman–Crippen LogP) is 13.3. The van der Waals surface area contributed by atoms with Crippen LogP contribution in [0.2, 0.25) is 0 Å². The first-order valence-corrected chi connectivity index (χ1v) is 18.9. The molecule has 0 amide bonds. The van der Waals surface area contributed by atoms with E-state index >= 15 is 0 Å². The summed E-state index contributed by atoms with van der Waals surface area (Å²) in [6, 6.07) is 66.8. The van der Waals surface area contributed by atoms with Crippen molar-refractivity contribution in [1.82, 2.24) is 15.0 Å². The van der Waals surface area contributed by atoms with E-state index in [1.54, 1.807) is 0 Å². The molecule has 3 heteroatoms. The smallest absolute Gasteiger partial charge is 0.164 e. The number of nitrogens with zero attached hydrogens (tertiary/aromatic N) is 3. The van der Waals surface area contributed by atoms with Gasteiger partial charge in [-0.3, -0.25) is 0 Å². The SMILES string of the molecule is CC1(C)c2cc(-c3cccc(-c4ccc(-c5nc(-c6ccccc6)nc(-c6ccc(-c7ccccc7)cc6)n5)cc4)c3)ccc2-c2cccc3cccc1c23. The van der Waals surface area contributed by atoms with E-state index in [9.17, 15) is 0 Å². The molecule has 1 aliphatic rings. The molecule has 3 nitrogen and oxygen atoms in total. The van der Waals surface area contributed by atoms with Crippen LogP contribution >= 0.6 is 0 Å². The first-order valence-electron chi connectivity index (χ1n) is 18.9. The van der Waals surface area contributed by atoms with Gasteiger partial charge in [-0.15, -0.1) is 0 Å². The number of hydrogen-bond acceptors (Lipinski definition) is 3. The molecule has 1 aliphatic carbocycles. The standard InChI is InChI=1S/C52H37N3/c1-52(2)46-21-11-17-37-16-10-20-45(48(37)46)44-31-30-43(33-47(44)52)42-19-9-18-41(32-42)36-24-28-40(29-25-36)51-54-49(38-14-7-4-8-15-38)53-50(55-51)39-26-22-35(23-27-39)34-12-5-3-6-13-34/h3-33H,1-2H3. The maximum absolute atomic E-state index is 5.01. The van der Waals surface area contributed by atoms with E-state index in [1.165, 1.54) is 49.7 Å². The highest BCUT2D eigenvalue weighted by molar-refractivity contribution is 6.03. The Morgan fingerprint density at radius 1 is 0.309 bits per heavy atom. The van der Waals surface area contributed by atoms with Gasteiger partial charge in [0, 0.05) is 22.1 Å². The second-order valence-electron chi connectivity index (χ2n) is 14.9. The van der Waals surface area contributed by atoms with Gasteiger partial charge in [-0.05, 0) is 78.5 Å². The Labute approximate surface area is 321 Å². The van der Waals surface area contributed by atoms with Crippen LogP contribution in [0.4, 0.5) is 0 Å². The lowest BCUT2D eigenvalue weighted by atomic mass is 9.68. The topological polar surface area (TPSA) is 38.7 Å². The molecule has 1 aromatic heterocycles. The van der Waals surface area contributed by atoms with Crippen molar-refractivity contribution in [3.63, 3.8) is 0 Å². The van der Waals surface area contributed by atoms with Crippen molar-refractivity contribution in [2.75, 3.05) is 0 Å². The van der Waals surface area contributed by atoms with Crippen molar-refractivity contribution in [2.45, 2.75) is 19.3 Å². The summed E-state index contributed by atoms with van der Waals surface area (Å²) < 4.78 is 0. The minimum absolute atomic E-state index is 0.118. The van der Waals surface area contributed by atoms with Crippen LogP contribution in [0.25, 0.3) is 89.4 Å². The number of hydrogen-bond donors (Lipinski definition) is 0. The molecule has 0 radical (unpaired) electrons. The second kappa shape index (κ2) is 13.2. The number of rotatable bonds is 6. The predicted molar refractivity (Wildman–Crippen MR) is 228 cm³/mol. The molecular weight excluding hydrogens is 667 g/mol. The second-order valence-corrected chi connectivity index (χ2v) is 14.9. The summed E-state index contributed by atoms with van der Waals surface area (Å²) in [7, 11) is 0. The van der Waals surface area contributed by atoms with Crippen molar-refractivity contribution in [3.05, 3.63) is 199 Å². The minimum Gasteiger partial charge on any atom is -0.208 e. The molecule has 55 heavy (non-hydrogen) atoms. The molecule has 0 spiro atoms. The van der Waals surface area contributed by atoms with E-state index < -0.39 is 0 Å². The van der Waals surface area contributed by atoms with E-state index in [0.29, 0.717) is 17.5 Å². The van der Waals surface area contributed by atoms with Gasteiger partial charge >= 0.3 is 0 Å². The molecule has 9 aromatic rings. The molecule has 0 bridgehead atoms.